The van der Waals surface area contributed by atoms with Crippen LogP contribution in [0.2, 0.25) is 0 Å². The minimum Gasteiger partial charge on any atom is -0.465 e. The van der Waals surface area contributed by atoms with Crippen LogP contribution >= 0.6 is 0 Å². The molecule has 1 saturated carbocycles. The van der Waals surface area contributed by atoms with E-state index >= 15 is 0 Å². The molecule has 7 nitrogen and oxygen atoms in total. The van der Waals surface area contributed by atoms with Crippen LogP contribution in [0.15, 0.2) is 53.5 Å². The van der Waals surface area contributed by atoms with Crippen molar-refractivity contribution in [2.24, 2.45) is 0 Å². The number of nitrogen functional groups attached to an aromatic ring is 1. The quantitative estimate of drug-likeness (QED) is 0.433. The molecule has 0 spiro atoms. The van der Waals surface area contributed by atoms with Crippen molar-refractivity contribution in [3.05, 3.63) is 70.3 Å². The smallest absolute Gasteiger partial charge is 0.465 e. The van der Waals surface area contributed by atoms with Gasteiger partial charge in [0.1, 0.15) is 11.3 Å². The summed E-state index contributed by atoms with van der Waals surface area (Å²) >= 11 is 0. The van der Waals surface area contributed by atoms with E-state index < -0.39 is 41.9 Å². The third kappa shape index (κ3) is 3.60. The average molecular weight is 472 g/mol. The van der Waals surface area contributed by atoms with Gasteiger partial charge in [-0.25, -0.2) is 4.79 Å². The fraction of sp³-hybridized carbons (Fsp3) is 0.208. The number of carbonyl (C=O) groups is 1. The lowest BCUT2D eigenvalue weighted by Gasteiger charge is -2.18. The van der Waals surface area contributed by atoms with E-state index in [0.717, 1.165) is 46.7 Å². The second kappa shape index (κ2) is 7.75. The zero-order chi connectivity index (χ0) is 26.7. The van der Waals surface area contributed by atoms with Crippen LogP contribution in [-0.4, -0.2) is 28.9 Å². The number of carbonyl (C=O) groups excluding carboxylic acids is 1. The van der Waals surface area contributed by atoms with Crippen LogP contribution in [0.5, 0.6) is 5.75 Å². The zero-order valence-corrected chi connectivity index (χ0v) is 17.3. The summed E-state index contributed by atoms with van der Waals surface area (Å²) in [6, 6.07) is 9.74. The molecule has 0 atom stereocenters. The van der Waals surface area contributed by atoms with E-state index in [2.05, 4.69) is 14.5 Å². The fourth-order valence-corrected chi connectivity index (χ4v) is 4.17. The van der Waals surface area contributed by atoms with Gasteiger partial charge in [-0.15, -0.1) is 13.2 Å². The van der Waals surface area contributed by atoms with Crippen LogP contribution in [0.4, 0.5) is 18.9 Å². The number of alkyl halides is 3. The third-order valence-electron chi connectivity index (χ3n) is 5.74. The summed E-state index contributed by atoms with van der Waals surface area (Å²) < 4.78 is 70.0. The highest BCUT2D eigenvalue weighted by Gasteiger charge is 2.32. The van der Waals surface area contributed by atoms with E-state index in [1.54, 1.807) is 24.4 Å². The van der Waals surface area contributed by atoms with Crippen LogP contribution < -0.4 is 16.0 Å². The number of benzene rings is 2. The van der Waals surface area contributed by atoms with Crippen LogP contribution in [0.1, 0.15) is 38.9 Å². The topological polar surface area (TPSA) is 96.4 Å². The van der Waals surface area contributed by atoms with E-state index in [9.17, 15) is 22.8 Å². The summed E-state index contributed by atoms with van der Waals surface area (Å²) in [7, 11) is -3.16. The van der Waals surface area contributed by atoms with Crippen molar-refractivity contribution >= 4 is 33.3 Å². The molecule has 0 bridgehead atoms. The van der Waals surface area contributed by atoms with E-state index in [1.165, 1.54) is 0 Å². The Hall–Kier alpha value is -4.08. The van der Waals surface area contributed by atoms with Crippen molar-refractivity contribution in [1.29, 1.82) is 0 Å². The first-order valence-corrected chi connectivity index (χ1v) is 10.2. The van der Waals surface area contributed by atoms with Gasteiger partial charge in [0.15, 0.2) is 0 Å². The number of hydrogen-bond donors (Lipinski definition) is 1. The summed E-state index contributed by atoms with van der Waals surface area (Å²) in [6.45, 7) is 0. The lowest BCUT2D eigenvalue weighted by atomic mass is 10.0. The molecule has 0 radical (unpaired) electrons. The monoisotopic (exact) mass is 472 g/mol. The molecule has 4 aromatic rings. The number of hydrogen-bond acceptors (Lipinski definition) is 6. The van der Waals surface area contributed by atoms with Crippen LogP contribution in [-0.2, 0) is 4.74 Å². The molecule has 0 saturated heterocycles. The summed E-state index contributed by atoms with van der Waals surface area (Å²) in [5.74, 6) is -1.87. The second-order valence-corrected chi connectivity index (χ2v) is 7.89. The average Bonchev–Trinajstić information content (AvgIpc) is 3.62. The molecule has 174 valence electrons. The van der Waals surface area contributed by atoms with Gasteiger partial charge in [0.25, 0.3) is 5.56 Å². The molecule has 1 aliphatic rings. The van der Waals surface area contributed by atoms with Crippen molar-refractivity contribution in [3.8, 4) is 11.4 Å². The minimum absolute atomic E-state index is 0.0140. The maximum Gasteiger partial charge on any atom is 0.573 e. The number of ether oxygens (including phenoxy) is 2. The molecule has 0 amide bonds. The predicted molar refractivity (Wildman–Crippen MR) is 119 cm³/mol. The van der Waals surface area contributed by atoms with Gasteiger partial charge in [0.2, 0.25) is 0 Å². The van der Waals surface area contributed by atoms with Crippen molar-refractivity contribution in [1.82, 2.24) is 9.55 Å². The molecule has 2 N–H and O–H groups in total. The SMILES string of the molecule is [2H]C([2H])([2H])OC(=O)c1c(N)c2ccc(OC(F)(F)F)cc2n(-c2cccc3c(C4CC4)nccc23)c1=O. The summed E-state index contributed by atoms with van der Waals surface area (Å²) in [5, 5.41) is 1.29. The molecule has 0 aliphatic heterocycles. The summed E-state index contributed by atoms with van der Waals surface area (Å²) in [6.07, 6.45) is -1.54. The Bertz CT molecular complexity index is 1630. The predicted octanol–water partition coefficient (Wildman–Crippen LogP) is 4.68. The Morgan fingerprint density at radius 3 is 2.68 bits per heavy atom. The van der Waals surface area contributed by atoms with Gasteiger partial charge in [-0.1, -0.05) is 12.1 Å². The first-order valence-electron chi connectivity index (χ1n) is 11.7. The van der Waals surface area contributed by atoms with Crippen molar-refractivity contribution in [2.75, 3.05) is 12.8 Å². The van der Waals surface area contributed by atoms with Gasteiger partial charge in [-0.2, -0.15) is 0 Å². The molecule has 5 rings (SSSR count). The standard InChI is InChI=1S/C24H18F3N3O4/c1-33-23(32)19-20(28)16-8-7-13(34-24(25,26)27)11-18(16)30(22(19)31)17-4-2-3-15-14(17)9-10-29-21(15)12-5-6-12/h2-4,7-12H,5-6,28H2,1H3/i1D3. The van der Waals surface area contributed by atoms with Crippen molar-refractivity contribution < 1.29 is 31.6 Å². The number of halogens is 3. The Kier molecular flexibility index (Phi) is 4.19. The van der Waals surface area contributed by atoms with Crippen molar-refractivity contribution in [3.63, 3.8) is 0 Å². The highest BCUT2D eigenvalue weighted by molar-refractivity contribution is 6.05. The molecule has 1 fully saturated rings. The van der Waals surface area contributed by atoms with E-state index in [-0.39, 0.29) is 22.5 Å². The molecule has 1 aliphatic carbocycles. The minimum atomic E-state index is -5.00. The number of fused-ring (bicyclic) bond motifs is 2. The maximum absolute atomic E-state index is 13.7. The van der Waals surface area contributed by atoms with Gasteiger partial charge in [-0.05, 0) is 37.1 Å². The lowest BCUT2D eigenvalue weighted by Crippen LogP contribution is -2.28. The highest BCUT2D eigenvalue weighted by Crippen LogP contribution is 2.42. The van der Waals surface area contributed by atoms with Gasteiger partial charge >= 0.3 is 12.3 Å². The number of anilines is 1. The maximum atomic E-state index is 13.7. The highest BCUT2D eigenvalue weighted by atomic mass is 19.4. The molecular formula is C24H18F3N3O4. The van der Waals surface area contributed by atoms with Gasteiger partial charge in [0, 0.05) is 34.3 Å². The van der Waals surface area contributed by atoms with E-state index in [4.69, 9.17) is 9.85 Å². The number of methoxy groups -OCH3 is 1. The van der Waals surface area contributed by atoms with Gasteiger partial charge in [-0.3, -0.25) is 14.3 Å². The number of nitrogens with two attached hydrogens (primary N) is 1. The molecule has 0 unspecified atom stereocenters. The number of nitrogens with zero attached hydrogens (tertiary/aromatic N) is 2. The Morgan fingerprint density at radius 2 is 1.97 bits per heavy atom. The zero-order valence-electron chi connectivity index (χ0n) is 20.3. The molecule has 10 heteroatoms. The molecular weight excluding hydrogens is 451 g/mol. The number of esters is 1. The second-order valence-electron chi connectivity index (χ2n) is 7.89. The molecule has 34 heavy (non-hydrogen) atoms. The molecule has 2 aromatic carbocycles. The van der Waals surface area contributed by atoms with Crippen molar-refractivity contribution in [2.45, 2.75) is 25.1 Å². The first kappa shape index (κ1) is 18.4. The largest absolute Gasteiger partial charge is 0.573 e. The molecule has 2 aromatic heterocycles. The molecule has 2 heterocycles. The number of pyridine rings is 2. The number of aromatic nitrogens is 2. The van der Waals surface area contributed by atoms with E-state index in [0.29, 0.717) is 5.39 Å². The Morgan fingerprint density at radius 1 is 1.18 bits per heavy atom. The van der Waals surface area contributed by atoms with Crippen LogP contribution in [0.3, 0.4) is 0 Å². The van der Waals surface area contributed by atoms with E-state index in [1.807, 2.05) is 6.07 Å². The van der Waals surface area contributed by atoms with Gasteiger partial charge < -0.3 is 15.2 Å². The van der Waals surface area contributed by atoms with Crippen LogP contribution in [0.25, 0.3) is 27.4 Å². The fourth-order valence-electron chi connectivity index (χ4n) is 4.17. The third-order valence-corrected chi connectivity index (χ3v) is 5.74. The summed E-state index contributed by atoms with van der Waals surface area (Å²) in [5.41, 5.74) is 4.76. The number of rotatable bonds is 4. The van der Waals surface area contributed by atoms with Crippen LogP contribution in [0, 0.1) is 0 Å². The van der Waals surface area contributed by atoms with Gasteiger partial charge in [0.05, 0.1) is 33.7 Å². The Labute approximate surface area is 194 Å². The lowest BCUT2D eigenvalue weighted by molar-refractivity contribution is -0.274. The first-order chi connectivity index (χ1) is 17.3. The Balaban J connectivity index is 1.86. The normalized spacial score (nSPS) is 15.6. The summed E-state index contributed by atoms with van der Waals surface area (Å²) in [4.78, 5) is 30.9.